The van der Waals surface area contributed by atoms with Gasteiger partial charge in [-0.1, -0.05) is 22.9 Å². The number of fused-ring (bicyclic) bond motifs is 3. The Morgan fingerprint density at radius 1 is 1.25 bits per heavy atom. The monoisotopic (exact) mass is 390 g/mol. The summed E-state index contributed by atoms with van der Waals surface area (Å²) in [6.45, 7) is 8.04. The van der Waals surface area contributed by atoms with Crippen molar-refractivity contribution < 1.29 is 4.42 Å². The normalized spacial score (nSPS) is 17.1. The van der Waals surface area contributed by atoms with Gasteiger partial charge in [-0.25, -0.2) is 4.98 Å². The summed E-state index contributed by atoms with van der Waals surface area (Å²) in [5, 5.41) is 0.863. The van der Waals surface area contributed by atoms with E-state index in [0.29, 0.717) is 29.1 Å². The minimum absolute atomic E-state index is 0.213. The smallest absolute Gasteiger partial charge is 0.294 e. The summed E-state index contributed by atoms with van der Waals surface area (Å²) in [7, 11) is 0. The number of likely N-dealkylation sites (N-methyl/N-ethyl adjacent to an activating group) is 1. The molecule has 0 radical (unpaired) electrons. The third-order valence-electron chi connectivity index (χ3n) is 4.62. The first-order valence-corrected chi connectivity index (χ1v) is 8.99. The first-order valence-electron chi connectivity index (χ1n) is 8.19. The maximum atomic E-state index is 12.4. The molecule has 126 valence electrons. The quantitative estimate of drug-likeness (QED) is 0.744. The van der Waals surface area contributed by atoms with Crippen molar-refractivity contribution in [3.63, 3.8) is 0 Å². The number of benzene rings is 1. The van der Waals surface area contributed by atoms with Gasteiger partial charge >= 0.3 is 0 Å². The highest BCUT2D eigenvalue weighted by Crippen LogP contribution is 2.27. The lowest BCUT2D eigenvalue weighted by molar-refractivity contribution is 0.129. The van der Waals surface area contributed by atoms with E-state index in [1.807, 2.05) is 18.2 Å². The van der Waals surface area contributed by atoms with Crippen LogP contribution in [-0.4, -0.2) is 52.5 Å². The number of hydrogen-bond donors (Lipinski definition) is 1. The van der Waals surface area contributed by atoms with Crippen LogP contribution in [-0.2, 0) is 6.54 Å². The Hall–Kier alpha value is -1.70. The van der Waals surface area contributed by atoms with Gasteiger partial charge in [0.15, 0.2) is 0 Å². The predicted molar refractivity (Wildman–Crippen MR) is 97.2 cm³/mol. The van der Waals surface area contributed by atoms with Crippen molar-refractivity contribution in [3.05, 3.63) is 38.9 Å². The van der Waals surface area contributed by atoms with E-state index in [1.165, 1.54) is 0 Å². The summed E-state index contributed by atoms with van der Waals surface area (Å²) in [4.78, 5) is 24.7. The van der Waals surface area contributed by atoms with Gasteiger partial charge in [0.25, 0.3) is 5.56 Å². The molecule has 1 fully saturated rings. The number of aromatic amines is 1. The number of nitrogens with one attached hydrogen (secondary N) is 1. The van der Waals surface area contributed by atoms with Crippen LogP contribution in [0, 0.1) is 0 Å². The van der Waals surface area contributed by atoms with Crippen LogP contribution in [0.4, 0.5) is 0 Å². The molecule has 0 spiro atoms. The fourth-order valence-corrected chi connectivity index (χ4v) is 3.58. The largest absolute Gasteiger partial charge is 0.449 e. The highest BCUT2D eigenvalue weighted by molar-refractivity contribution is 9.10. The second-order valence-corrected chi connectivity index (χ2v) is 7.06. The molecular formula is C17H19BrN4O2. The zero-order valence-corrected chi connectivity index (χ0v) is 15.1. The molecule has 0 unspecified atom stereocenters. The summed E-state index contributed by atoms with van der Waals surface area (Å²) in [6.07, 6.45) is 0. The van der Waals surface area contributed by atoms with E-state index in [4.69, 9.17) is 4.42 Å². The Morgan fingerprint density at radius 2 is 2.00 bits per heavy atom. The van der Waals surface area contributed by atoms with Crippen LogP contribution in [0.3, 0.4) is 0 Å². The van der Waals surface area contributed by atoms with Crippen molar-refractivity contribution in [1.82, 2.24) is 19.8 Å². The molecule has 1 aliphatic rings. The van der Waals surface area contributed by atoms with E-state index in [9.17, 15) is 4.79 Å². The second kappa shape index (κ2) is 6.31. The molecule has 7 heteroatoms. The van der Waals surface area contributed by atoms with Gasteiger partial charge in [-0.05, 0) is 24.7 Å². The summed E-state index contributed by atoms with van der Waals surface area (Å²) in [5.74, 6) is 0.695. The van der Waals surface area contributed by atoms with Gasteiger partial charge in [-0.15, -0.1) is 0 Å². The van der Waals surface area contributed by atoms with E-state index < -0.39 is 0 Å². The van der Waals surface area contributed by atoms with E-state index >= 15 is 0 Å². The topological polar surface area (TPSA) is 65.4 Å². The standard InChI is InChI=1S/C17H19BrN4O2/c1-2-21-5-7-22(8-6-21)10-14-19-15-12-9-11(18)3-4-13(12)24-16(15)17(23)20-14/h3-4,9H,2,5-8,10H2,1H3,(H,19,20,23). The highest BCUT2D eigenvalue weighted by atomic mass is 79.9. The van der Waals surface area contributed by atoms with Crippen molar-refractivity contribution in [2.45, 2.75) is 13.5 Å². The summed E-state index contributed by atoms with van der Waals surface area (Å²) in [6, 6.07) is 5.69. The minimum atomic E-state index is -0.213. The lowest BCUT2D eigenvalue weighted by Crippen LogP contribution is -2.45. The molecule has 3 aromatic rings. The Morgan fingerprint density at radius 3 is 2.75 bits per heavy atom. The van der Waals surface area contributed by atoms with Gasteiger partial charge < -0.3 is 14.3 Å². The molecule has 0 aliphatic carbocycles. The lowest BCUT2D eigenvalue weighted by atomic mass is 10.2. The maximum Gasteiger partial charge on any atom is 0.294 e. The number of nitrogens with zero attached hydrogens (tertiary/aromatic N) is 3. The second-order valence-electron chi connectivity index (χ2n) is 6.14. The molecule has 0 atom stereocenters. The van der Waals surface area contributed by atoms with Gasteiger partial charge in [0, 0.05) is 36.0 Å². The van der Waals surface area contributed by atoms with E-state index in [1.54, 1.807) is 0 Å². The molecule has 3 heterocycles. The lowest BCUT2D eigenvalue weighted by Gasteiger charge is -2.33. The minimum Gasteiger partial charge on any atom is -0.449 e. The molecule has 4 rings (SSSR count). The molecule has 2 aromatic heterocycles. The SMILES string of the molecule is CCN1CCN(Cc2nc3c(oc4ccc(Br)cc43)c(=O)[nH]2)CC1. The van der Waals surface area contributed by atoms with Crippen LogP contribution in [0.2, 0.25) is 0 Å². The van der Waals surface area contributed by atoms with Gasteiger partial charge in [-0.2, -0.15) is 0 Å². The van der Waals surface area contributed by atoms with Crippen molar-refractivity contribution in [1.29, 1.82) is 0 Å². The average Bonchev–Trinajstić information content (AvgIpc) is 2.94. The fraction of sp³-hybridized carbons (Fsp3) is 0.412. The van der Waals surface area contributed by atoms with E-state index in [2.05, 4.69) is 42.6 Å². The third-order valence-corrected chi connectivity index (χ3v) is 5.11. The van der Waals surface area contributed by atoms with E-state index in [-0.39, 0.29) is 5.56 Å². The molecule has 0 saturated carbocycles. The summed E-state index contributed by atoms with van der Waals surface area (Å²) >= 11 is 3.46. The molecule has 1 aliphatic heterocycles. The number of hydrogen-bond acceptors (Lipinski definition) is 5. The maximum absolute atomic E-state index is 12.4. The Bertz CT molecular complexity index is 941. The van der Waals surface area contributed by atoms with Crippen molar-refractivity contribution in [3.8, 4) is 0 Å². The Balaban J connectivity index is 1.68. The average molecular weight is 391 g/mol. The summed E-state index contributed by atoms with van der Waals surface area (Å²) in [5.41, 5.74) is 1.40. The van der Waals surface area contributed by atoms with Crippen LogP contribution in [0.25, 0.3) is 22.1 Å². The Labute approximate surface area is 147 Å². The number of aromatic nitrogens is 2. The molecule has 0 bridgehead atoms. The van der Waals surface area contributed by atoms with Crippen LogP contribution in [0.15, 0.2) is 31.9 Å². The number of halogens is 1. The van der Waals surface area contributed by atoms with Crippen LogP contribution in [0.1, 0.15) is 12.7 Å². The Kier molecular flexibility index (Phi) is 4.15. The summed E-state index contributed by atoms with van der Waals surface area (Å²) < 4.78 is 6.61. The third kappa shape index (κ3) is 2.87. The number of piperazine rings is 1. The molecule has 6 nitrogen and oxygen atoms in total. The van der Waals surface area contributed by atoms with Crippen LogP contribution < -0.4 is 5.56 Å². The van der Waals surface area contributed by atoms with Crippen molar-refractivity contribution >= 4 is 38.0 Å². The van der Waals surface area contributed by atoms with Crippen molar-refractivity contribution in [2.24, 2.45) is 0 Å². The van der Waals surface area contributed by atoms with E-state index in [0.717, 1.165) is 42.6 Å². The number of rotatable bonds is 3. The molecular weight excluding hydrogens is 372 g/mol. The van der Waals surface area contributed by atoms with Gasteiger partial charge in [0.1, 0.15) is 16.9 Å². The van der Waals surface area contributed by atoms with Gasteiger partial charge in [0.05, 0.1) is 6.54 Å². The first-order chi connectivity index (χ1) is 11.6. The highest BCUT2D eigenvalue weighted by Gasteiger charge is 2.18. The van der Waals surface area contributed by atoms with Crippen LogP contribution >= 0.6 is 15.9 Å². The van der Waals surface area contributed by atoms with Gasteiger partial charge in [-0.3, -0.25) is 9.69 Å². The van der Waals surface area contributed by atoms with Gasteiger partial charge in [0.2, 0.25) is 5.58 Å². The number of H-pyrrole nitrogens is 1. The first kappa shape index (κ1) is 15.8. The number of furan rings is 1. The molecule has 1 saturated heterocycles. The fourth-order valence-electron chi connectivity index (χ4n) is 3.22. The predicted octanol–water partition coefficient (Wildman–Crippen LogP) is 2.57. The molecule has 24 heavy (non-hydrogen) atoms. The van der Waals surface area contributed by atoms with Crippen molar-refractivity contribution in [2.75, 3.05) is 32.7 Å². The molecule has 1 N–H and O–H groups in total. The molecule has 0 amide bonds. The van der Waals surface area contributed by atoms with Crippen LogP contribution in [0.5, 0.6) is 0 Å². The zero-order valence-electron chi connectivity index (χ0n) is 13.5. The zero-order chi connectivity index (χ0) is 16.7. The molecule has 1 aromatic carbocycles.